The van der Waals surface area contributed by atoms with Crippen LogP contribution in [0.5, 0.6) is 17.5 Å². The molecule has 0 radical (unpaired) electrons. The van der Waals surface area contributed by atoms with Gasteiger partial charge in [0.05, 0.1) is 43.1 Å². The Labute approximate surface area is 360 Å². The first-order valence-corrected chi connectivity index (χ1v) is 22.9. The van der Waals surface area contributed by atoms with Crippen LogP contribution in [-0.2, 0) is 40.3 Å². The standard InChI is InChI=1S/C43H57F2N5O11S/c1-7-33-31(22-46-40(54)61-41(3,4)38(44)45)37(52)50-23-27(60-36-29-15-14-26(57-6)19-30(29)28-13-10-18-58-35(28)47-36)20-32(50)34(51)48-43(21-25(43)12-9-8-11-24(2)59-33)39(53)49-62(55,56)42(5)16-17-42/h9,12,14-15,19,24-25,27,31-33,38H,7-8,10-11,13,16-18,20-23H2,1-6H3,(H,46,54)(H,48,51)(H,49,53). The molecule has 7 unspecified atom stereocenters. The number of hydrogen-bond acceptors (Lipinski definition) is 12. The number of rotatable bonds is 11. The zero-order valence-corrected chi connectivity index (χ0v) is 36.8. The van der Waals surface area contributed by atoms with Crippen molar-refractivity contribution in [3.8, 4) is 17.5 Å². The van der Waals surface area contributed by atoms with Gasteiger partial charge in [0.25, 0.3) is 12.3 Å². The fourth-order valence-corrected chi connectivity index (χ4v) is 9.74. The lowest BCUT2D eigenvalue weighted by Gasteiger charge is -2.34. The van der Waals surface area contributed by atoms with E-state index in [1.165, 1.54) is 4.90 Å². The van der Waals surface area contributed by atoms with Gasteiger partial charge in [-0.2, -0.15) is 4.98 Å². The van der Waals surface area contributed by atoms with Gasteiger partial charge in [-0.15, -0.1) is 0 Å². The summed E-state index contributed by atoms with van der Waals surface area (Å²) in [6.45, 7) is 7.25. The van der Waals surface area contributed by atoms with Gasteiger partial charge in [-0.3, -0.25) is 19.1 Å². The van der Waals surface area contributed by atoms with Gasteiger partial charge in [-0.05, 0) is 103 Å². The van der Waals surface area contributed by atoms with Gasteiger partial charge in [-0.1, -0.05) is 19.1 Å². The monoisotopic (exact) mass is 889 g/mol. The van der Waals surface area contributed by atoms with Gasteiger partial charge in [0.1, 0.15) is 23.4 Å². The number of alkyl carbamates (subject to hydrolysis) is 1. The van der Waals surface area contributed by atoms with Gasteiger partial charge in [0.15, 0.2) is 5.60 Å². The number of aryl methyl sites for hydroxylation is 1. The molecule has 340 valence electrons. The van der Waals surface area contributed by atoms with E-state index in [1.54, 1.807) is 33.1 Å². The molecule has 7 rings (SSSR count). The number of nitrogens with one attached hydrogen (secondary N) is 3. The SMILES string of the molecule is CCC1OC(C)CCC=CC2CC2(C(=O)NS(=O)(=O)C2(C)CC2)NC(=O)C2CC(Oc3nc4c(c5cc(OC)ccc35)CCCO4)CN2C(=O)C1CNC(=O)OC(C)(C)C(F)F. The molecular weight excluding hydrogens is 833 g/mol. The maximum Gasteiger partial charge on any atom is 0.407 e. The number of pyridine rings is 1. The normalized spacial score (nSPS) is 28.6. The van der Waals surface area contributed by atoms with Crippen LogP contribution in [0.1, 0.15) is 91.5 Å². The molecule has 0 bridgehead atoms. The Morgan fingerprint density at radius 2 is 1.94 bits per heavy atom. The number of allylic oxidation sites excluding steroid dienone is 1. The van der Waals surface area contributed by atoms with Crippen molar-refractivity contribution >= 4 is 44.6 Å². The van der Waals surface area contributed by atoms with Crippen LogP contribution in [0.25, 0.3) is 10.8 Å². The molecule has 4 heterocycles. The van der Waals surface area contributed by atoms with Crippen LogP contribution in [0, 0.1) is 11.8 Å². The Hall–Kier alpha value is -4.78. The van der Waals surface area contributed by atoms with Crippen LogP contribution in [-0.4, -0.2) is 116 Å². The van der Waals surface area contributed by atoms with Crippen molar-refractivity contribution in [2.24, 2.45) is 11.8 Å². The average Bonchev–Trinajstić information content (AvgIpc) is 4.11. The van der Waals surface area contributed by atoms with Crippen LogP contribution in [0.4, 0.5) is 13.6 Å². The second kappa shape index (κ2) is 17.4. The van der Waals surface area contributed by atoms with Crippen LogP contribution >= 0.6 is 0 Å². The zero-order valence-electron chi connectivity index (χ0n) is 36.0. The highest BCUT2D eigenvalue weighted by Gasteiger charge is 2.63. The lowest BCUT2D eigenvalue weighted by Crippen LogP contribution is -2.58. The molecule has 7 atom stereocenters. The van der Waals surface area contributed by atoms with Crippen molar-refractivity contribution in [3.63, 3.8) is 0 Å². The number of nitrogens with zero attached hydrogens (tertiary/aromatic N) is 2. The topological polar surface area (TPSA) is 201 Å². The zero-order chi connectivity index (χ0) is 44.8. The first kappa shape index (κ1) is 45.3. The van der Waals surface area contributed by atoms with Gasteiger partial charge in [-0.25, -0.2) is 22.0 Å². The lowest BCUT2D eigenvalue weighted by atomic mass is 9.97. The van der Waals surface area contributed by atoms with Crippen LogP contribution in [0.2, 0.25) is 0 Å². The fourth-order valence-electron chi connectivity index (χ4n) is 8.43. The van der Waals surface area contributed by atoms with E-state index in [2.05, 4.69) is 15.4 Å². The van der Waals surface area contributed by atoms with Gasteiger partial charge in [0, 0.05) is 29.8 Å². The molecule has 4 amide bonds. The number of alkyl halides is 2. The van der Waals surface area contributed by atoms with Crippen molar-refractivity contribution in [2.75, 3.05) is 26.8 Å². The van der Waals surface area contributed by atoms with Crippen molar-refractivity contribution in [3.05, 3.63) is 35.9 Å². The summed E-state index contributed by atoms with van der Waals surface area (Å²) in [5, 5.41) is 6.82. The fraction of sp³-hybridized carbons (Fsp3) is 0.651. The summed E-state index contributed by atoms with van der Waals surface area (Å²) in [4.78, 5) is 62.8. The van der Waals surface area contributed by atoms with Gasteiger partial charge < -0.3 is 39.2 Å². The molecule has 19 heteroatoms. The Morgan fingerprint density at radius 1 is 1.18 bits per heavy atom. The highest BCUT2D eigenvalue weighted by atomic mass is 32.2. The number of fused-ring (bicyclic) bond motifs is 5. The van der Waals surface area contributed by atoms with Crippen molar-refractivity contribution < 1.29 is 60.1 Å². The van der Waals surface area contributed by atoms with Crippen molar-refractivity contribution in [1.82, 2.24) is 25.2 Å². The van der Waals surface area contributed by atoms with E-state index >= 15 is 4.79 Å². The Morgan fingerprint density at radius 3 is 2.63 bits per heavy atom. The molecule has 3 N–H and O–H groups in total. The average molecular weight is 890 g/mol. The van der Waals surface area contributed by atoms with Gasteiger partial charge >= 0.3 is 6.09 Å². The molecule has 2 aliphatic carbocycles. The third-order valence-electron chi connectivity index (χ3n) is 12.8. The van der Waals surface area contributed by atoms with Crippen LogP contribution in [0.15, 0.2) is 30.4 Å². The van der Waals surface area contributed by atoms with E-state index < -0.39 is 92.3 Å². The van der Waals surface area contributed by atoms with Gasteiger partial charge in [0.2, 0.25) is 33.6 Å². The molecule has 1 aromatic heterocycles. The summed E-state index contributed by atoms with van der Waals surface area (Å²) in [6.07, 6.45) is 1.08. The molecule has 3 aliphatic heterocycles. The number of ether oxygens (including phenoxy) is 5. The minimum Gasteiger partial charge on any atom is -0.497 e. The number of benzene rings is 1. The predicted octanol–water partition coefficient (Wildman–Crippen LogP) is 4.71. The molecule has 0 spiro atoms. The summed E-state index contributed by atoms with van der Waals surface area (Å²) >= 11 is 0. The number of halogens is 2. The number of hydrogen-bond donors (Lipinski definition) is 3. The molecule has 5 aliphatic rings. The second-order valence-corrected chi connectivity index (χ2v) is 20.1. The lowest BCUT2D eigenvalue weighted by molar-refractivity contribution is -0.148. The molecule has 2 saturated carbocycles. The van der Waals surface area contributed by atoms with Crippen LogP contribution < -0.4 is 29.6 Å². The van der Waals surface area contributed by atoms with E-state index in [4.69, 9.17) is 28.7 Å². The first-order chi connectivity index (χ1) is 29.3. The summed E-state index contributed by atoms with van der Waals surface area (Å²) in [5.74, 6) is -2.65. The van der Waals surface area contributed by atoms with E-state index in [-0.39, 0.29) is 31.8 Å². The Bertz CT molecular complexity index is 2220. The minimum absolute atomic E-state index is 0.0672. The Balaban J connectivity index is 1.24. The smallest absolute Gasteiger partial charge is 0.407 e. The number of carbonyl (C=O) groups is 4. The molecular formula is C43H57F2N5O11S. The summed E-state index contributed by atoms with van der Waals surface area (Å²) < 4.78 is 84.5. The molecule has 2 aromatic rings. The third-order valence-corrected chi connectivity index (χ3v) is 15.0. The van der Waals surface area contributed by atoms with E-state index in [0.29, 0.717) is 62.1 Å². The molecule has 3 fully saturated rings. The number of carbonyl (C=O) groups excluding carboxylic acids is 4. The van der Waals surface area contributed by atoms with E-state index in [9.17, 15) is 31.6 Å². The summed E-state index contributed by atoms with van der Waals surface area (Å²) in [7, 11) is -2.51. The minimum atomic E-state index is -4.07. The number of aromatic nitrogens is 1. The maximum atomic E-state index is 15.1. The maximum absolute atomic E-state index is 15.1. The second-order valence-electron chi connectivity index (χ2n) is 17.9. The molecule has 1 saturated heterocycles. The van der Waals surface area contributed by atoms with E-state index in [0.717, 1.165) is 31.2 Å². The summed E-state index contributed by atoms with van der Waals surface area (Å²) in [6, 6.07) is 4.21. The van der Waals surface area contributed by atoms with Crippen molar-refractivity contribution in [2.45, 2.75) is 139 Å². The number of amides is 4. The number of sulfonamides is 1. The quantitative estimate of drug-likeness (QED) is 0.263. The molecule has 62 heavy (non-hydrogen) atoms. The highest BCUT2D eigenvalue weighted by molar-refractivity contribution is 7.91. The summed E-state index contributed by atoms with van der Waals surface area (Å²) in [5.41, 5.74) is -2.85. The predicted molar refractivity (Wildman–Crippen MR) is 221 cm³/mol. The third kappa shape index (κ3) is 9.15. The van der Waals surface area contributed by atoms with Crippen molar-refractivity contribution in [1.29, 1.82) is 0 Å². The first-order valence-electron chi connectivity index (χ1n) is 21.4. The molecule has 1 aromatic carbocycles. The van der Waals surface area contributed by atoms with Crippen LogP contribution in [0.3, 0.4) is 0 Å². The largest absolute Gasteiger partial charge is 0.497 e. The number of methoxy groups -OCH3 is 1. The molecule has 16 nitrogen and oxygen atoms in total. The van der Waals surface area contributed by atoms with E-state index in [1.807, 2.05) is 25.1 Å². The Kier molecular flexibility index (Phi) is 12.7. The highest BCUT2D eigenvalue weighted by Crippen LogP contribution is 2.48.